The molecular weight excluding hydrogens is 182 g/mol. The van der Waals surface area contributed by atoms with Crippen molar-refractivity contribution in [2.75, 3.05) is 0 Å². The minimum Gasteiger partial charge on any atom is -0.385 e. The molecule has 0 saturated heterocycles. The first-order valence-electron chi connectivity index (χ1n) is 4.43. The maximum atomic E-state index is 10.4. The smallest absolute Gasteiger partial charge is 0.269 e. The van der Waals surface area contributed by atoms with Crippen molar-refractivity contribution in [3.05, 3.63) is 46.0 Å². The first-order chi connectivity index (χ1) is 6.69. The van der Waals surface area contributed by atoms with Crippen LogP contribution in [0.5, 0.6) is 0 Å². The van der Waals surface area contributed by atoms with Gasteiger partial charge in [0.05, 0.1) is 4.92 Å². The summed E-state index contributed by atoms with van der Waals surface area (Å²) in [6.45, 7) is 2.93. The number of rotatable bonds is 4. The van der Waals surface area contributed by atoms with Crippen LogP contribution in [0.1, 0.15) is 24.5 Å². The summed E-state index contributed by atoms with van der Waals surface area (Å²) in [6, 6.07) is 4.52. The van der Waals surface area contributed by atoms with Gasteiger partial charge in [0.15, 0.2) is 0 Å². The molecule has 75 valence electrons. The van der Waals surface area contributed by atoms with Gasteiger partial charge in [0.2, 0.25) is 0 Å². The van der Waals surface area contributed by atoms with Crippen LogP contribution in [-0.4, -0.2) is 10.0 Å². The molecule has 0 unspecified atom stereocenters. The van der Waals surface area contributed by atoms with E-state index in [0.29, 0.717) is 5.56 Å². The van der Waals surface area contributed by atoms with E-state index in [4.69, 9.17) is 5.11 Å². The van der Waals surface area contributed by atoms with E-state index in [2.05, 4.69) is 0 Å². The van der Waals surface area contributed by atoms with Gasteiger partial charge in [0.25, 0.3) is 5.69 Å². The molecule has 0 fully saturated rings. The molecule has 0 aromatic heterocycles. The number of hydrogen-bond donors (Lipinski definition) is 1. The van der Waals surface area contributed by atoms with Gasteiger partial charge in [0.1, 0.15) is 6.61 Å². The Morgan fingerprint density at radius 1 is 1.57 bits per heavy atom. The Hall–Kier alpha value is -1.42. The number of nitro groups is 1. The van der Waals surface area contributed by atoms with E-state index in [-0.39, 0.29) is 5.69 Å². The fraction of sp³-hybridized carbons (Fsp3) is 0.300. The number of nitrogens with zero attached hydrogens (tertiary/aromatic N) is 1. The zero-order valence-corrected chi connectivity index (χ0v) is 7.93. The lowest BCUT2D eigenvalue weighted by atomic mass is 10.0. The van der Waals surface area contributed by atoms with Crippen LogP contribution in [0.3, 0.4) is 0 Å². The third-order valence-corrected chi connectivity index (χ3v) is 2.00. The zero-order valence-electron chi connectivity index (χ0n) is 7.93. The average molecular weight is 194 g/mol. The molecule has 4 nitrogen and oxygen atoms in total. The molecular formula is C10H12NO3. The Morgan fingerprint density at radius 3 is 2.79 bits per heavy atom. The highest BCUT2D eigenvalue weighted by Gasteiger charge is 2.09. The molecule has 0 amide bonds. The Bertz CT molecular complexity index is 336. The number of hydrogen-bond acceptors (Lipinski definition) is 3. The van der Waals surface area contributed by atoms with Crippen LogP contribution >= 0.6 is 0 Å². The molecule has 0 heterocycles. The van der Waals surface area contributed by atoms with Gasteiger partial charge in [-0.1, -0.05) is 19.4 Å². The van der Waals surface area contributed by atoms with Gasteiger partial charge in [-0.25, -0.2) is 0 Å². The number of aliphatic hydroxyl groups excluding tert-OH is 1. The molecule has 1 aromatic rings. The van der Waals surface area contributed by atoms with Crippen molar-refractivity contribution in [2.24, 2.45) is 0 Å². The Balaban J connectivity index is 3.04. The largest absolute Gasteiger partial charge is 0.385 e. The third-order valence-electron chi connectivity index (χ3n) is 2.00. The molecule has 0 atom stereocenters. The molecule has 14 heavy (non-hydrogen) atoms. The van der Waals surface area contributed by atoms with Crippen LogP contribution in [0.25, 0.3) is 0 Å². The summed E-state index contributed by atoms with van der Waals surface area (Å²) in [5.74, 6) is 0. The summed E-state index contributed by atoms with van der Waals surface area (Å²) in [5.41, 5.74) is 1.46. The first kappa shape index (κ1) is 10.7. The van der Waals surface area contributed by atoms with Gasteiger partial charge in [-0.2, -0.15) is 0 Å². The second kappa shape index (κ2) is 4.72. The topological polar surface area (TPSA) is 63.4 Å². The maximum absolute atomic E-state index is 10.4. The summed E-state index contributed by atoms with van der Waals surface area (Å²) in [6.07, 6.45) is 1.75. The van der Waals surface area contributed by atoms with E-state index in [1.54, 1.807) is 6.07 Å². The summed E-state index contributed by atoms with van der Waals surface area (Å²) in [4.78, 5) is 9.98. The number of aryl methyl sites for hydroxylation is 1. The first-order valence-corrected chi connectivity index (χ1v) is 4.43. The molecule has 0 spiro atoms. The average Bonchev–Trinajstić information content (AvgIpc) is 2.18. The lowest BCUT2D eigenvalue weighted by molar-refractivity contribution is -0.384. The number of nitro benzene ring substituents is 1. The highest BCUT2D eigenvalue weighted by molar-refractivity contribution is 5.42. The van der Waals surface area contributed by atoms with Crippen LogP contribution < -0.4 is 0 Å². The monoisotopic (exact) mass is 194 g/mol. The fourth-order valence-electron chi connectivity index (χ4n) is 1.31. The van der Waals surface area contributed by atoms with Crippen molar-refractivity contribution in [3.63, 3.8) is 0 Å². The molecule has 1 aromatic carbocycles. The predicted octanol–water partition coefficient (Wildman–Crippen LogP) is 2.43. The Morgan fingerprint density at radius 2 is 2.29 bits per heavy atom. The van der Waals surface area contributed by atoms with Crippen LogP contribution in [0.15, 0.2) is 18.2 Å². The standard InChI is InChI=1S/C10H12NO3/c1-2-3-8-4-5-10(11(13)14)6-9(8)7-12/h4-7,12H,2-3H2,1H3. The second-order valence-electron chi connectivity index (χ2n) is 3.02. The van der Waals surface area contributed by atoms with Crippen LogP contribution in [0.2, 0.25) is 0 Å². The van der Waals surface area contributed by atoms with Crippen molar-refractivity contribution < 1.29 is 10.0 Å². The van der Waals surface area contributed by atoms with Crippen LogP contribution in [0.4, 0.5) is 5.69 Å². The minimum absolute atomic E-state index is 0.00477. The third kappa shape index (κ3) is 2.29. The maximum Gasteiger partial charge on any atom is 0.269 e. The Kier molecular flexibility index (Phi) is 3.59. The van der Waals surface area contributed by atoms with E-state index in [9.17, 15) is 10.1 Å². The highest BCUT2D eigenvalue weighted by atomic mass is 16.6. The summed E-state index contributed by atoms with van der Waals surface area (Å²) in [7, 11) is 0. The number of non-ortho nitro benzene ring substituents is 1. The molecule has 0 aliphatic rings. The highest BCUT2D eigenvalue weighted by Crippen LogP contribution is 2.19. The van der Waals surface area contributed by atoms with E-state index in [0.717, 1.165) is 25.0 Å². The van der Waals surface area contributed by atoms with Gasteiger partial charge in [0, 0.05) is 12.1 Å². The van der Waals surface area contributed by atoms with Gasteiger partial charge in [-0.05, 0) is 17.5 Å². The summed E-state index contributed by atoms with van der Waals surface area (Å²) >= 11 is 0. The van der Waals surface area contributed by atoms with Crippen molar-refractivity contribution in [1.29, 1.82) is 0 Å². The summed E-state index contributed by atoms with van der Waals surface area (Å²) < 4.78 is 0. The Labute approximate surface area is 82.3 Å². The molecule has 0 aliphatic carbocycles. The quantitative estimate of drug-likeness (QED) is 0.591. The molecule has 0 bridgehead atoms. The van der Waals surface area contributed by atoms with Crippen molar-refractivity contribution in [1.82, 2.24) is 0 Å². The van der Waals surface area contributed by atoms with E-state index in [1.807, 2.05) is 6.92 Å². The van der Waals surface area contributed by atoms with Crippen LogP contribution in [0, 0.1) is 16.7 Å². The molecule has 1 N–H and O–H groups in total. The van der Waals surface area contributed by atoms with E-state index in [1.165, 1.54) is 12.1 Å². The molecule has 0 saturated carbocycles. The van der Waals surface area contributed by atoms with E-state index >= 15 is 0 Å². The number of benzene rings is 1. The zero-order chi connectivity index (χ0) is 10.6. The second-order valence-corrected chi connectivity index (χ2v) is 3.02. The predicted molar refractivity (Wildman–Crippen MR) is 52.4 cm³/mol. The van der Waals surface area contributed by atoms with Gasteiger partial charge in [-0.15, -0.1) is 0 Å². The molecule has 4 heteroatoms. The lowest BCUT2D eigenvalue weighted by Gasteiger charge is -2.04. The van der Waals surface area contributed by atoms with Gasteiger partial charge >= 0.3 is 0 Å². The van der Waals surface area contributed by atoms with E-state index < -0.39 is 4.92 Å². The van der Waals surface area contributed by atoms with Gasteiger partial charge in [-0.3, -0.25) is 10.1 Å². The minimum atomic E-state index is -0.470. The normalized spacial score (nSPS) is 10.1. The lowest BCUT2D eigenvalue weighted by Crippen LogP contribution is -1.95. The van der Waals surface area contributed by atoms with Crippen molar-refractivity contribution >= 4 is 5.69 Å². The summed E-state index contributed by atoms with van der Waals surface area (Å²) in [5, 5.41) is 19.4. The number of aliphatic hydroxyl groups is 1. The molecule has 1 rings (SSSR count). The van der Waals surface area contributed by atoms with Crippen molar-refractivity contribution in [2.45, 2.75) is 19.8 Å². The van der Waals surface area contributed by atoms with Crippen LogP contribution in [-0.2, 0) is 6.42 Å². The SMILES string of the molecule is CCCc1ccc([N+](=O)[O-])cc1[CH]O. The van der Waals surface area contributed by atoms with Crippen molar-refractivity contribution in [3.8, 4) is 0 Å². The fourth-order valence-corrected chi connectivity index (χ4v) is 1.31. The van der Waals surface area contributed by atoms with Gasteiger partial charge < -0.3 is 5.11 Å². The molecule has 0 aliphatic heterocycles. The molecule has 1 radical (unpaired) electrons.